The van der Waals surface area contributed by atoms with E-state index in [4.69, 9.17) is 23.2 Å². The number of benzene rings is 2. The zero-order valence-electron chi connectivity index (χ0n) is 17.8. The van der Waals surface area contributed by atoms with Crippen LogP contribution in [0.25, 0.3) is 10.9 Å². The number of halogens is 2. The number of carbonyl (C=O) groups excluding carboxylic acids is 2. The molecule has 8 nitrogen and oxygen atoms in total. The predicted octanol–water partition coefficient (Wildman–Crippen LogP) is 4.25. The molecular formula is C24H18Cl2N4O4. The standard InChI is InChI=1S/C24H18Cl2N4O4/c25-15-9-17(22(32)18(26)10-15)21(31)14-11-27-30(12-14)23(33)13-5-6-16-19(8-13)28-20-4-2-1-3-7-29(20)24(16)34/h5-6,8-12,32H,1-4,7H2. The van der Waals surface area contributed by atoms with Crippen LogP contribution in [0.4, 0.5) is 0 Å². The van der Waals surface area contributed by atoms with Gasteiger partial charge in [-0.3, -0.25) is 19.0 Å². The average molecular weight is 497 g/mol. The van der Waals surface area contributed by atoms with Gasteiger partial charge < -0.3 is 5.11 Å². The topological polar surface area (TPSA) is 107 Å². The van der Waals surface area contributed by atoms with E-state index in [2.05, 4.69) is 10.1 Å². The third-order valence-corrected chi connectivity index (χ3v) is 6.40. The summed E-state index contributed by atoms with van der Waals surface area (Å²) in [5.74, 6) is -0.754. The van der Waals surface area contributed by atoms with Gasteiger partial charge in [-0.2, -0.15) is 5.10 Å². The lowest BCUT2D eigenvalue weighted by Crippen LogP contribution is -2.24. The molecule has 1 N–H and O–H groups in total. The van der Waals surface area contributed by atoms with Gasteiger partial charge in [-0.25, -0.2) is 9.67 Å². The van der Waals surface area contributed by atoms with Crippen LogP contribution < -0.4 is 5.56 Å². The van der Waals surface area contributed by atoms with E-state index in [9.17, 15) is 19.5 Å². The lowest BCUT2D eigenvalue weighted by atomic mass is 10.1. The molecule has 34 heavy (non-hydrogen) atoms. The van der Waals surface area contributed by atoms with Crippen LogP contribution in [0.2, 0.25) is 10.0 Å². The maximum atomic E-state index is 13.1. The highest BCUT2D eigenvalue weighted by Crippen LogP contribution is 2.32. The first-order valence-corrected chi connectivity index (χ1v) is 11.4. The molecule has 1 aliphatic rings. The van der Waals surface area contributed by atoms with Gasteiger partial charge in [-0.05, 0) is 43.2 Å². The molecule has 10 heteroatoms. The van der Waals surface area contributed by atoms with E-state index in [1.807, 2.05) is 0 Å². The summed E-state index contributed by atoms with van der Waals surface area (Å²) < 4.78 is 2.74. The monoisotopic (exact) mass is 496 g/mol. The van der Waals surface area contributed by atoms with E-state index in [-0.39, 0.29) is 32.3 Å². The molecule has 0 spiro atoms. The van der Waals surface area contributed by atoms with Crippen LogP contribution in [-0.4, -0.2) is 36.1 Å². The maximum absolute atomic E-state index is 13.1. The van der Waals surface area contributed by atoms with Crippen LogP contribution in [0.1, 0.15) is 51.4 Å². The van der Waals surface area contributed by atoms with Gasteiger partial charge in [0.05, 0.1) is 33.2 Å². The van der Waals surface area contributed by atoms with Crippen LogP contribution in [0.5, 0.6) is 5.75 Å². The fraction of sp³-hybridized carbons (Fsp3) is 0.208. The number of aryl methyl sites for hydroxylation is 1. The Morgan fingerprint density at radius 1 is 1.03 bits per heavy atom. The SMILES string of the molecule is O=C(c1cnn(C(=O)c2ccc3c(=O)n4c(nc3c2)CCCCC4)c1)c1cc(Cl)cc(Cl)c1O. The molecule has 1 aliphatic heterocycles. The first kappa shape index (κ1) is 22.3. The molecule has 0 saturated heterocycles. The van der Waals surface area contributed by atoms with Crippen molar-refractivity contribution in [1.82, 2.24) is 19.3 Å². The molecule has 0 unspecified atom stereocenters. The predicted molar refractivity (Wildman–Crippen MR) is 127 cm³/mol. The molecule has 0 saturated carbocycles. The van der Waals surface area contributed by atoms with E-state index < -0.39 is 17.4 Å². The van der Waals surface area contributed by atoms with Gasteiger partial charge in [0.15, 0.2) is 5.78 Å². The Labute approximate surface area is 203 Å². The summed E-state index contributed by atoms with van der Waals surface area (Å²) in [7, 11) is 0. The molecule has 2 aromatic carbocycles. The summed E-state index contributed by atoms with van der Waals surface area (Å²) in [5.41, 5.74) is 0.595. The fourth-order valence-electron chi connectivity index (χ4n) is 4.13. The molecule has 4 aromatic rings. The number of ketones is 1. The minimum Gasteiger partial charge on any atom is -0.506 e. The number of phenolic OH excluding ortho intramolecular Hbond substituents is 1. The lowest BCUT2D eigenvalue weighted by molar-refractivity contribution is 0.0945. The van der Waals surface area contributed by atoms with Crippen LogP contribution >= 0.6 is 23.2 Å². The molecule has 0 aliphatic carbocycles. The molecule has 0 atom stereocenters. The quantitative estimate of drug-likeness (QED) is 0.424. The van der Waals surface area contributed by atoms with Gasteiger partial charge >= 0.3 is 0 Å². The number of hydrogen-bond donors (Lipinski definition) is 1. The zero-order chi connectivity index (χ0) is 24.0. The minimum atomic E-state index is -0.586. The van der Waals surface area contributed by atoms with Gasteiger partial charge in [0.1, 0.15) is 11.6 Å². The van der Waals surface area contributed by atoms with Crippen molar-refractivity contribution < 1.29 is 14.7 Å². The van der Waals surface area contributed by atoms with Gasteiger partial charge in [0.25, 0.3) is 11.5 Å². The molecule has 0 radical (unpaired) electrons. The summed E-state index contributed by atoms with van der Waals surface area (Å²) in [6.07, 6.45) is 6.16. The molecule has 0 fully saturated rings. The Kier molecular flexibility index (Phi) is 5.71. The second kappa shape index (κ2) is 8.70. The van der Waals surface area contributed by atoms with Crippen molar-refractivity contribution in [3.8, 4) is 5.75 Å². The second-order valence-electron chi connectivity index (χ2n) is 8.12. The van der Waals surface area contributed by atoms with Crippen molar-refractivity contribution in [1.29, 1.82) is 0 Å². The summed E-state index contributed by atoms with van der Waals surface area (Å²) in [6, 6.07) is 7.32. The van der Waals surface area contributed by atoms with Crippen LogP contribution in [-0.2, 0) is 13.0 Å². The molecule has 0 amide bonds. The van der Waals surface area contributed by atoms with E-state index >= 15 is 0 Å². The highest BCUT2D eigenvalue weighted by atomic mass is 35.5. The van der Waals surface area contributed by atoms with Crippen molar-refractivity contribution >= 4 is 45.8 Å². The number of rotatable bonds is 3. The molecule has 0 bridgehead atoms. The number of carbonyl (C=O) groups is 2. The van der Waals surface area contributed by atoms with Crippen LogP contribution in [0, 0.1) is 0 Å². The molecule has 5 rings (SSSR count). The molecule has 3 heterocycles. The average Bonchev–Trinajstić information content (AvgIpc) is 3.20. The number of hydrogen-bond acceptors (Lipinski definition) is 6. The Morgan fingerprint density at radius 3 is 2.68 bits per heavy atom. The van der Waals surface area contributed by atoms with E-state index in [0.717, 1.165) is 29.8 Å². The number of nitrogens with zero attached hydrogens (tertiary/aromatic N) is 4. The molecular weight excluding hydrogens is 479 g/mol. The third kappa shape index (κ3) is 3.89. The van der Waals surface area contributed by atoms with E-state index in [0.29, 0.717) is 23.9 Å². The number of aromatic nitrogens is 4. The van der Waals surface area contributed by atoms with Crippen molar-refractivity contribution in [3.05, 3.63) is 85.6 Å². The lowest BCUT2D eigenvalue weighted by Gasteiger charge is -2.10. The molecule has 2 aromatic heterocycles. The first-order chi connectivity index (χ1) is 16.3. The van der Waals surface area contributed by atoms with Crippen LogP contribution in [0.3, 0.4) is 0 Å². The minimum absolute atomic E-state index is 0.0585. The highest BCUT2D eigenvalue weighted by molar-refractivity contribution is 6.36. The van der Waals surface area contributed by atoms with E-state index in [1.165, 1.54) is 24.5 Å². The number of phenols is 1. The Hall–Kier alpha value is -3.49. The van der Waals surface area contributed by atoms with Crippen molar-refractivity contribution in [2.75, 3.05) is 0 Å². The smallest absolute Gasteiger partial charge is 0.278 e. The number of fused-ring (bicyclic) bond motifs is 2. The van der Waals surface area contributed by atoms with Gasteiger partial charge in [0.2, 0.25) is 0 Å². The Morgan fingerprint density at radius 2 is 1.85 bits per heavy atom. The summed E-state index contributed by atoms with van der Waals surface area (Å²) in [5, 5.41) is 14.7. The largest absolute Gasteiger partial charge is 0.506 e. The normalized spacial score (nSPS) is 13.5. The van der Waals surface area contributed by atoms with Gasteiger partial charge in [0, 0.05) is 29.7 Å². The van der Waals surface area contributed by atoms with Gasteiger partial charge in [-0.15, -0.1) is 0 Å². The van der Waals surface area contributed by atoms with Crippen molar-refractivity contribution in [3.63, 3.8) is 0 Å². The van der Waals surface area contributed by atoms with Crippen LogP contribution in [0.15, 0.2) is 47.5 Å². The van der Waals surface area contributed by atoms with Gasteiger partial charge in [-0.1, -0.05) is 29.6 Å². The maximum Gasteiger partial charge on any atom is 0.278 e. The first-order valence-electron chi connectivity index (χ1n) is 10.7. The second-order valence-corrected chi connectivity index (χ2v) is 8.96. The Balaban J connectivity index is 1.48. The van der Waals surface area contributed by atoms with Crippen molar-refractivity contribution in [2.24, 2.45) is 0 Å². The molecule has 172 valence electrons. The van der Waals surface area contributed by atoms with Crippen molar-refractivity contribution in [2.45, 2.75) is 32.2 Å². The Bertz CT molecular complexity index is 1540. The third-order valence-electron chi connectivity index (χ3n) is 5.89. The summed E-state index contributed by atoms with van der Waals surface area (Å²) >= 11 is 11.9. The zero-order valence-corrected chi connectivity index (χ0v) is 19.3. The van der Waals surface area contributed by atoms with E-state index in [1.54, 1.807) is 22.8 Å². The highest BCUT2D eigenvalue weighted by Gasteiger charge is 2.21. The summed E-state index contributed by atoms with van der Waals surface area (Å²) in [4.78, 5) is 43.4. The number of aromatic hydroxyl groups is 1. The summed E-state index contributed by atoms with van der Waals surface area (Å²) in [6.45, 7) is 0.648. The fourth-order valence-corrected chi connectivity index (χ4v) is 4.62.